The smallest absolute Gasteiger partial charge is 0.224 e. The van der Waals surface area contributed by atoms with E-state index < -0.39 is 0 Å². The normalized spacial score (nSPS) is 16.1. The van der Waals surface area contributed by atoms with Crippen molar-refractivity contribution in [2.24, 2.45) is 5.92 Å². The predicted octanol–water partition coefficient (Wildman–Crippen LogP) is 3.33. The molecule has 0 aliphatic carbocycles. The zero-order valence-corrected chi connectivity index (χ0v) is 12.9. The van der Waals surface area contributed by atoms with Crippen LogP contribution < -0.4 is 10.6 Å². The van der Waals surface area contributed by atoms with Crippen molar-refractivity contribution in [3.63, 3.8) is 0 Å². The summed E-state index contributed by atoms with van der Waals surface area (Å²) >= 11 is 0. The van der Waals surface area contributed by atoms with Crippen molar-refractivity contribution in [1.29, 1.82) is 0 Å². The minimum absolute atomic E-state index is 0.151. The van der Waals surface area contributed by atoms with Gasteiger partial charge in [-0.25, -0.2) is 0 Å². The van der Waals surface area contributed by atoms with Gasteiger partial charge in [-0.1, -0.05) is 17.7 Å². The SMILES string of the molecule is Cc1cc(C)c(NC(=O)CCC2CCNCC2)c(C)c1. The number of carbonyl (C=O) groups excluding carboxylic acids is 1. The van der Waals surface area contributed by atoms with Crippen molar-refractivity contribution in [2.45, 2.75) is 46.5 Å². The molecule has 3 nitrogen and oxygen atoms in total. The lowest BCUT2D eigenvalue weighted by atomic mass is 9.93. The zero-order valence-electron chi connectivity index (χ0n) is 12.9. The molecule has 1 amide bonds. The Labute approximate surface area is 122 Å². The van der Waals surface area contributed by atoms with Gasteiger partial charge in [0.25, 0.3) is 0 Å². The number of hydrogen-bond acceptors (Lipinski definition) is 2. The Balaban J connectivity index is 1.88. The Morgan fingerprint density at radius 3 is 2.40 bits per heavy atom. The summed E-state index contributed by atoms with van der Waals surface area (Å²) in [4.78, 5) is 12.1. The van der Waals surface area contributed by atoms with E-state index in [0.717, 1.165) is 36.3 Å². The molecule has 0 saturated carbocycles. The highest BCUT2D eigenvalue weighted by molar-refractivity contribution is 5.92. The van der Waals surface area contributed by atoms with Crippen molar-refractivity contribution >= 4 is 11.6 Å². The molecule has 20 heavy (non-hydrogen) atoms. The summed E-state index contributed by atoms with van der Waals surface area (Å²) in [6.07, 6.45) is 4.06. The van der Waals surface area contributed by atoms with Crippen molar-refractivity contribution < 1.29 is 4.79 Å². The molecular weight excluding hydrogens is 248 g/mol. The first-order valence-corrected chi connectivity index (χ1v) is 7.64. The Morgan fingerprint density at radius 1 is 1.20 bits per heavy atom. The van der Waals surface area contributed by atoms with Gasteiger partial charge >= 0.3 is 0 Å². The number of benzene rings is 1. The zero-order chi connectivity index (χ0) is 14.5. The van der Waals surface area contributed by atoms with Crippen molar-refractivity contribution in [2.75, 3.05) is 18.4 Å². The summed E-state index contributed by atoms with van der Waals surface area (Å²) in [5.41, 5.74) is 4.54. The molecule has 0 atom stereocenters. The molecular formula is C17H26N2O. The second kappa shape index (κ2) is 6.89. The third-order valence-corrected chi connectivity index (χ3v) is 4.18. The molecule has 2 rings (SSSR count). The van der Waals surface area contributed by atoms with Gasteiger partial charge in [0.05, 0.1) is 0 Å². The third kappa shape index (κ3) is 4.07. The summed E-state index contributed by atoms with van der Waals surface area (Å²) in [6.45, 7) is 8.40. The monoisotopic (exact) mass is 274 g/mol. The Bertz CT molecular complexity index is 453. The molecule has 1 aliphatic rings. The summed E-state index contributed by atoms with van der Waals surface area (Å²) < 4.78 is 0. The van der Waals surface area contributed by atoms with Crippen LogP contribution in [0.25, 0.3) is 0 Å². The van der Waals surface area contributed by atoms with E-state index in [0.29, 0.717) is 12.3 Å². The summed E-state index contributed by atoms with van der Waals surface area (Å²) in [6, 6.07) is 4.24. The molecule has 1 heterocycles. The van der Waals surface area contributed by atoms with Gasteiger partial charge in [-0.05, 0) is 70.2 Å². The Hall–Kier alpha value is -1.35. The maximum absolute atomic E-state index is 12.1. The number of rotatable bonds is 4. The molecule has 0 spiro atoms. The highest BCUT2D eigenvalue weighted by atomic mass is 16.1. The lowest BCUT2D eigenvalue weighted by Crippen LogP contribution is -2.28. The van der Waals surface area contributed by atoms with Crippen LogP contribution in [0.1, 0.15) is 42.4 Å². The number of piperidine rings is 1. The molecule has 2 N–H and O–H groups in total. The van der Waals surface area contributed by atoms with Crippen LogP contribution in [0.3, 0.4) is 0 Å². The quantitative estimate of drug-likeness (QED) is 0.884. The van der Waals surface area contributed by atoms with E-state index in [9.17, 15) is 4.79 Å². The lowest BCUT2D eigenvalue weighted by molar-refractivity contribution is -0.116. The fourth-order valence-electron chi connectivity index (χ4n) is 3.08. The van der Waals surface area contributed by atoms with Gasteiger partial charge in [0.1, 0.15) is 0 Å². The number of anilines is 1. The average molecular weight is 274 g/mol. The molecule has 1 aromatic rings. The van der Waals surface area contributed by atoms with E-state index in [1.165, 1.54) is 18.4 Å². The largest absolute Gasteiger partial charge is 0.326 e. The van der Waals surface area contributed by atoms with Gasteiger partial charge < -0.3 is 10.6 Å². The van der Waals surface area contributed by atoms with Gasteiger partial charge in [-0.3, -0.25) is 4.79 Å². The van der Waals surface area contributed by atoms with Crippen LogP contribution in [-0.2, 0) is 4.79 Å². The average Bonchev–Trinajstić information content (AvgIpc) is 2.42. The second-order valence-corrected chi connectivity index (χ2v) is 6.05. The molecule has 1 aliphatic heterocycles. The molecule has 1 saturated heterocycles. The van der Waals surface area contributed by atoms with Gasteiger partial charge in [0.2, 0.25) is 5.91 Å². The van der Waals surface area contributed by atoms with Crippen molar-refractivity contribution in [1.82, 2.24) is 5.32 Å². The molecule has 3 heteroatoms. The molecule has 1 fully saturated rings. The fourth-order valence-corrected chi connectivity index (χ4v) is 3.08. The van der Waals surface area contributed by atoms with E-state index in [1.54, 1.807) is 0 Å². The first kappa shape index (κ1) is 15.0. The van der Waals surface area contributed by atoms with Gasteiger partial charge in [0, 0.05) is 12.1 Å². The van der Waals surface area contributed by atoms with E-state index in [-0.39, 0.29) is 5.91 Å². The third-order valence-electron chi connectivity index (χ3n) is 4.18. The minimum atomic E-state index is 0.151. The number of amides is 1. The van der Waals surface area contributed by atoms with Crippen LogP contribution in [0, 0.1) is 26.7 Å². The van der Waals surface area contributed by atoms with Gasteiger partial charge in [-0.2, -0.15) is 0 Å². The molecule has 1 aromatic carbocycles. The summed E-state index contributed by atoms with van der Waals surface area (Å²) in [5, 5.41) is 6.45. The number of aryl methyl sites for hydroxylation is 3. The molecule has 0 unspecified atom stereocenters. The standard InChI is InChI=1S/C17H26N2O/c1-12-10-13(2)17(14(3)11-12)19-16(20)5-4-15-6-8-18-9-7-15/h10-11,15,18H,4-9H2,1-3H3,(H,19,20). The van der Waals surface area contributed by atoms with Crippen LogP contribution in [0.4, 0.5) is 5.69 Å². The van der Waals surface area contributed by atoms with Crippen LogP contribution in [-0.4, -0.2) is 19.0 Å². The fraction of sp³-hybridized carbons (Fsp3) is 0.588. The number of carbonyl (C=O) groups is 1. The van der Waals surface area contributed by atoms with Crippen LogP contribution in [0.15, 0.2) is 12.1 Å². The first-order chi connectivity index (χ1) is 9.56. The highest BCUT2D eigenvalue weighted by Gasteiger charge is 2.15. The van der Waals surface area contributed by atoms with E-state index in [1.807, 2.05) is 0 Å². The summed E-state index contributed by atoms with van der Waals surface area (Å²) in [5.74, 6) is 0.862. The maximum atomic E-state index is 12.1. The van der Waals surface area contributed by atoms with Crippen molar-refractivity contribution in [3.05, 3.63) is 28.8 Å². The van der Waals surface area contributed by atoms with Crippen molar-refractivity contribution in [3.8, 4) is 0 Å². The minimum Gasteiger partial charge on any atom is -0.326 e. The van der Waals surface area contributed by atoms with E-state index >= 15 is 0 Å². The Kier molecular flexibility index (Phi) is 5.18. The maximum Gasteiger partial charge on any atom is 0.224 e. The predicted molar refractivity (Wildman–Crippen MR) is 84.1 cm³/mol. The van der Waals surface area contributed by atoms with Crippen LogP contribution in [0.5, 0.6) is 0 Å². The lowest BCUT2D eigenvalue weighted by Gasteiger charge is -2.22. The van der Waals surface area contributed by atoms with Crippen LogP contribution >= 0.6 is 0 Å². The molecule has 0 radical (unpaired) electrons. The van der Waals surface area contributed by atoms with Gasteiger partial charge in [-0.15, -0.1) is 0 Å². The molecule has 110 valence electrons. The Morgan fingerprint density at radius 2 is 1.80 bits per heavy atom. The second-order valence-electron chi connectivity index (χ2n) is 6.05. The topological polar surface area (TPSA) is 41.1 Å². The van der Waals surface area contributed by atoms with Gasteiger partial charge in [0.15, 0.2) is 0 Å². The van der Waals surface area contributed by atoms with E-state index in [4.69, 9.17) is 0 Å². The number of hydrogen-bond donors (Lipinski definition) is 2. The molecule has 0 aromatic heterocycles. The van der Waals surface area contributed by atoms with Crippen LogP contribution in [0.2, 0.25) is 0 Å². The summed E-state index contributed by atoms with van der Waals surface area (Å²) in [7, 11) is 0. The highest BCUT2D eigenvalue weighted by Crippen LogP contribution is 2.23. The number of nitrogens with one attached hydrogen (secondary N) is 2. The van der Waals surface area contributed by atoms with E-state index in [2.05, 4.69) is 43.5 Å². The first-order valence-electron chi connectivity index (χ1n) is 7.64. The molecule has 0 bridgehead atoms.